The molecule has 7 nitrogen and oxygen atoms in total. The molecule has 1 aromatic heterocycles. The van der Waals surface area contributed by atoms with E-state index in [1.165, 1.54) is 18.5 Å². The van der Waals surface area contributed by atoms with Gasteiger partial charge in [-0.3, -0.25) is 4.79 Å². The minimum absolute atomic E-state index is 0.340. The summed E-state index contributed by atoms with van der Waals surface area (Å²) >= 11 is 0.981. The third kappa shape index (κ3) is 4.19. The van der Waals surface area contributed by atoms with Gasteiger partial charge in [0, 0.05) is 24.5 Å². The lowest BCUT2D eigenvalue weighted by Gasteiger charge is -2.20. The third-order valence-corrected chi connectivity index (χ3v) is 5.09. The highest BCUT2D eigenvalue weighted by molar-refractivity contribution is 7.07. The van der Waals surface area contributed by atoms with E-state index >= 15 is 0 Å². The predicted octanol–water partition coefficient (Wildman–Crippen LogP) is 2.80. The largest absolute Gasteiger partial charge is 0.451 e. The first-order valence-electron chi connectivity index (χ1n) is 8.72. The van der Waals surface area contributed by atoms with Gasteiger partial charge in [-0.05, 0) is 61.5 Å². The van der Waals surface area contributed by atoms with Crippen LogP contribution in [0.25, 0.3) is 0 Å². The number of nitrogens with zero attached hydrogens (tertiary/aromatic N) is 3. The number of aryl methyl sites for hydroxylation is 2. The number of hydrogen-bond acceptors (Lipinski definition) is 7. The molecule has 0 unspecified atom stereocenters. The fourth-order valence-electron chi connectivity index (χ4n) is 3.03. The van der Waals surface area contributed by atoms with E-state index in [4.69, 9.17) is 4.74 Å². The molecule has 8 heteroatoms. The fourth-order valence-corrected chi connectivity index (χ4v) is 3.68. The number of carbonyl (C=O) groups is 2. The monoisotopic (exact) mass is 374 g/mol. The van der Waals surface area contributed by atoms with Gasteiger partial charge in [0.25, 0.3) is 5.91 Å². The topological polar surface area (TPSA) is 84.4 Å². The Morgan fingerprint density at radius 3 is 2.77 bits per heavy atom. The second kappa shape index (κ2) is 8.27. The van der Waals surface area contributed by atoms with Crippen molar-refractivity contribution < 1.29 is 14.3 Å². The van der Waals surface area contributed by atoms with E-state index in [9.17, 15) is 9.59 Å². The third-order valence-electron chi connectivity index (χ3n) is 4.34. The number of benzene rings is 1. The van der Waals surface area contributed by atoms with Crippen LogP contribution in [0.15, 0.2) is 18.2 Å². The van der Waals surface area contributed by atoms with Crippen molar-refractivity contribution >= 4 is 34.8 Å². The van der Waals surface area contributed by atoms with Crippen molar-refractivity contribution in [3.63, 3.8) is 0 Å². The van der Waals surface area contributed by atoms with Crippen LogP contribution in [0.4, 0.5) is 11.4 Å². The zero-order valence-corrected chi connectivity index (χ0v) is 15.8. The first-order valence-corrected chi connectivity index (χ1v) is 9.49. The molecule has 2 heterocycles. The highest BCUT2D eigenvalue weighted by atomic mass is 32.1. The van der Waals surface area contributed by atoms with Crippen molar-refractivity contribution in [2.24, 2.45) is 0 Å². The number of nitrogens with one attached hydrogen (secondary N) is 1. The summed E-state index contributed by atoms with van der Waals surface area (Å²) in [6.07, 6.45) is 3.03. The minimum atomic E-state index is -0.562. The van der Waals surface area contributed by atoms with Gasteiger partial charge in [-0.2, -0.15) is 0 Å². The van der Waals surface area contributed by atoms with Crippen LogP contribution >= 0.6 is 11.5 Å². The van der Waals surface area contributed by atoms with Crippen molar-refractivity contribution in [2.75, 3.05) is 29.9 Å². The van der Waals surface area contributed by atoms with E-state index < -0.39 is 5.97 Å². The van der Waals surface area contributed by atoms with Gasteiger partial charge in [-0.25, -0.2) is 4.79 Å². The van der Waals surface area contributed by atoms with E-state index in [1.54, 1.807) is 0 Å². The van der Waals surface area contributed by atoms with Crippen LogP contribution in [0.1, 0.15) is 40.7 Å². The predicted molar refractivity (Wildman–Crippen MR) is 101 cm³/mol. The molecule has 26 heavy (non-hydrogen) atoms. The van der Waals surface area contributed by atoms with Crippen molar-refractivity contribution in [1.29, 1.82) is 0 Å². The Bertz CT molecular complexity index is 799. The molecule has 138 valence electrons. The van der Waals surface area contributed by atoms with Crippen LogP contribution in [0.3, 0.4) is 0 Å². The maximum absolute atomic E-state index is 12.1. The van der Waals surface area contributed by atoms with Crippen LogP contribution in [-0.4, -0.2) is 41.2 Å². The molecule has 2 aromatic rings. The molecule has 1 aliphatic rings. The van der Waals surface area contributed by atoms with Crippen molar-refractivity contribution in [2.45, 2.75) is 33.1 Å². The average molecular weight is 374 g/mol. The normalized spacial score (nSPS) is 13.7. The number of carbonyl (C=O) groups excluding carboxylic acids is 2. The number of aromatic nitrogens is 2. The lowest BCUT2D eigenvalue weighted by atomic mass is 10.1. The zero-order valence-electron chi connectivity index (χ0n) is 14.9. The first kappa shape index (κ1) is 18.3. The summed E-state index contributed by atoms with van der Waals surface area (Å²) in [4.78, 5) is 26.8. The van der Waals surface area contributed by atoms with Gasteiger partial charge in [0.05, 0.1) is 5.69 Å². The summed E-state index contributed by atoms with van der Waals surface area (Å²) in [6, 6.07) is 5.84. The van der Waals surface area contributed by atoms with E-state index in [2.05, 4.69) is 19.8 Å². The number of ether oxygens (including phenoxy) is 1. The lowest BCUT2D eigenvalue weighted by Crippen LogP contribution is -2.21. The Kier molecular flexibility index (Phi) is 5.82. The van der Waals surface area contributed by atoms with Crippen molar-refractivity contribution in [3.05, 3.63) is 34.3 Å². The second-order valence-corrected chi connectivity index (χ2v) is 6.98. The zero-order chi connectivity index (χ0) is 18.5. The average Bonchev–Trinajstić information content (AvgIpc) is 3.31. The van der Waals surface area contributed by atoms with Gasteiger partial charge in [0.1, 0.15) is 0 Å². The number of esters is 1. The second-order valence-electron chi connectivity index (χ2n) is 6.22. The van der Waals surface area contributed by atoms with Gasteiger partial charge in [-0.15, -0.1) is 5.10 Å². The Balaban J connectivity index is 1.54. The Hall–Kier alpha value is -2.48. The minimum Gasteiger partial charge on any atom is -0.451 e. The summed E-state index contributed by atoms with van der Waals surface area (Å²) in [5.74, 6) is -0.935. The molecule has 3 rings (SSSR count). The van der Waals surface area contributed by atoms with E-state index in [0.717, 1.165) is 30.2 Å². The summed E-state index contributed by atoms with van der Waals surface area (Å²) in [6.45, 7) is 5.73. The molecule has 0 saturated carbocycles. The molecule has 1 amide bonds. The molecule has 0 atom stereocenters. The van der Waals surface area contributed by atoms with Gasteiger partial charge in [-0.1, -0.05) is 11.4 Å². The van der Waals surface area contributed by atoms with Crippen molar-refractivity contribution in [1.82, 2.24) is 9.59 Å². The standard InChI is InChI=1S/C18H22N4O3S/c1-3-14-17(26-21-20-14)18(24)25-11-16(23)19-13-6-7-15(12(2)10-13)22-8-4-5-9-22/h6-7,10H,3-5,8-9,11H2,1-2H3,(H,19,23). The molecule has 1 fully saturated rings. The van der Waals surface area contributed by atoms with Gasteiger partial charge in [0.15, 0.2) is 11.5 Å². The molecule has 0 bridgehead atoms. The molecular weight excluding hydrogens is 352 g/mol. The highest BCUT2D eigenvalue weighted by Crippen LogP contribution is 2.26. The van der Waals surface area contributed by atoms with Crippen LogP contribution in [0.5, 0.6) is 0 Å². The highest BCUT2D eigenvalue weighted by Gasteiger charge is 2.18. The Labute approximate surface area is 156 Å². The van der Waals surface area contributed by atoms with Crippen molar-refractivity contribution in [3.8, 4) is 0 Å². The van der Waals surface area contributed by atoms with Gasteiger partial charge >= 0.3 is 5.97 Å². The molecule has 1 saturated heterocycles. The van der Waals surface area contributed by atoms with Crippen LogP contribution < -0.4 is 10.2 Å². The summed E-state index contributed by atoms with van der Waals surface area (Å²) < 4.78 is 8.82. The SMILES string of the molecule is CCc1nnsc1C(=O)OCC(=O)Nc1ccc(N2CCCC2)c(C)c1. The summed E-state index contributed by atoms with van der Waals surface area (Å²) in [5, 5.41) is 6.63. The number of rotatable bonds is 6. The first-order chi connectivity index (χ1) is 12.6. The maximum Gasteiger partial charge on any atom is 0.352 e. The maximum atomic E-state index is 12.1. The number of hydrogen-bond donors (Lipinski definition) is 1. The summed E-state index contributed by atoms with van der Waals surface area (Å²) in [7, 11) is 0. The molecule has 0 radical (unpaired) electrons. The smallest absolute Gasteiger partial charge is 0.352 e. The van der Waals surface area contributed by atoms with E-state index in [1.807, 2.05) is 32.0 Å². The van der Waals surface area contributed by atoms with Crippen LogP contribution in [-0.2, 0) is 16.0 Å². The summed E-state index contributed by atoms with van der Waals surface area (Å²) in [5.41, 5.74) is 3.61. The van der Waals surface area contributed by atoms with E-state index in [0.29, 0.717) is 22.7 Å². The van der Waals surface area contributed by atoms with Gasteiger partial charge in [0.2, 0.25) is 0 Å². The van der Waals surface area contributed by atoms with Gasteiger partial charge < -0.3 is 15.0 Å². The molecule has 0 aliphatic carbocycles. The Morgan fingerprint density at radius 1 is 1.31 bits per heavy atom. The quantitative estimate of drug-likeness (QED) is 0.783. The fraction of sp³-hybridized carbons (Fsp3) is 0.444. The van der Waals surface area contributed by atoms with Crippen LogP contribution in [0, 0.1) is 6.92 Å². The lowest BCUT2D eigenvalue weighted by molar-refractivity contribution is -0.119. The van der Waals surface area contributed by atoms with Crippen LogP contribution in [0.2, 0.25) is 0 Å². The number of anilines is 2. The molecule has 1 aliphatic heterocycles. The Morgan fingerprint density at radius 2 is 2.08 bits per heavy atom. The number of amides is 1. The molecule has 1 N–H and O–H groups in total. The molecule has 0 spiro atoms. The van der Waals surface area contributed by atoms with E-state index in [-0.39, 0.29) is 12.5 Å². The molecule has 1 aromatic carbocycles. The molecular formula is C18H22N4O3S.